The predicted octanol–water partition coefficient (Wildman–Crippen LogP) is -0.571. The van der Waals surface area contributed by atoms with Gasteiger partial charge in [0.2, 0.25) is 17.0 Å². The molecule has 2 amide bonds. The molecule has 1 saturated heterocycles. The van der Waals surface area contributed by atoms with Gasteiger partial charge >= 0.3 is 0 Å². The van der Waals surface area contributed by atoms with Gasteiger partial charge in [0.1, 0.15) is 0 Å². The van der Waals surface area contributed by atoms with Crippen molar-refractivity contribution in [2.24, 2.45) is 13.0 Å². The quantitative estimate of drug-likeness (QED) is 0.559. The zero-order chi connectivity index (χ0) is 14.8. The largest absolute Gasteiger partial charge is 0.355 e. The molecule has 3 rings (SSSR count). The predicted molar refractivity (Wildman–Crippen MR) is 75.4 cm³/mol. The normalized spacial score (nSPS) is 21.9. The lowest BCUT2D eigenvalue weighted by Gasteiger charge is -2.15. The van der Waals surface area contributed by atoms with Crippen LogP contribution >= 0.6 is 11.8 Å². The Bertz CT molecular complexity index is 544. The molecule has 1 aromatic rings. The van der Waals surface area contributed by atoms with Crippen molar-refractivity contribution in [1.29, 1.82) is 0 Å². The van der Waals surface area contributed by atoms with Gasteiger partial charge in [0, 0.05) is 38.4 Å². The van der Waals surface area contributed by atoms with Crippen LogP contribution in [0.15, 0.2) is 5.16 Å². The smallest absolute Gasteiger partial charge is 0.225 e. The standard InChI is InChI=1S/C12H18N6O2S/c1-17-12(14-15-16-17)21-5-4-13-11(20)8-6-10(19)18(7-8)9-2-3-9/h8-9H,2-7H2,1H3,(H,13,20). The summed E-state index contributed by atoms with van der Waals surface area (Å²) in [5, 5.41) is 14.8. The second-order valence-electron chi connectivity index (χ2n) is 5.40. The van der Waals surface area contributed by atoms with Crippen LogP contribution in [-0.4, -0.2) is 61.8 Å². The van der Waals surface area contributed by atoms with E-state index < -0.39 is 0 Å². The maximum Gasteiger partial charge on any atom is 0.225 e. The van der Waals surface area contributed by atoms with Crippen LogP contribution in [0.1, 0.15) is 19.3 Å². The molecule has 2 heterocycles. The molecule has 0 spiro atoms. The number of carbonyl (C=O) groups excluding carboxylic acids is 2. The molecule has 114 valence electrons. The highest BCUT2D eigenvalue weighted by Gasteiger charge is 2.41. The molecule has 1 aliphatic carbocycles. The van der Waals surface area contributed by atoms with E-state index in [1.165, 1.54) is 11.8 Å². The summed E-state index contributed by atoms with van der Waals surface area (Å²) in [6.07, 6.45) is 2.52. The van der Waals surface area contributed by atoms with E-state index >= 15 is 0 Å². The summed E-state index contributed by atoms with van der Waals surface area (Å²) >= 11 is 1.49. The van der Waals surface area contributed by atoms with Crippen LogP contribution in [0.25, 0.3) is 0 Å². The number of amides is 2. The first-order chi connectivity index (χ1) is 10.1. The minimum Gasteiger partial charge on any atom is -0.355 e. The highest BCUT2D eigenvalue weighted by Crippen LogP contribution is 2.32. The summed E-state index contributed by atoms with van der Waals surface area (Å²) in [5.41, 5.74) is 0. The first-order valence-electron chi connectivity index (χ1n) is 7.07. The van der Waals surface area contributed by atoms with Gasteiger partial charge < -0.3 is 10.2 Å². The Kier molecular flexibility index (Phi) is 4.09. The number of rotatable bonds is 6. The van der Waals surface area contributed by atoms with Gasteiger partial charge in [-0.25, -0.2) is 4.68 Å². The highest BCUT2D eigenvalue weighted by atomic mass is 32.2. The molecule has 1 aromatic heterocycles. The molecule has 21 heavy (non-hydrogen) atoms. The van der Waals surface area contributed by atoms with Gasteiger partial charge in [-0.05, 0) is 23.3 Å². The molecular formula is C12H18N6O2S. The van der Waals surface area contributed by atoms with Crippen molar-refractivity contribution in [2.45, 2.75) is 30.5 Å². The number of aryl methyl sites for hydroxylation is 1. The van der Waals surface area contributed by atoms with Crippen LogP contribution in [0.5, 0.6) is 0 Å². The van der Waals surface area contributed by atoms with Crippen molar-refractivity contribution in [2.75, 3.05) is 18.8 Å². The Labute approximate surface area is 126 Å². The molecule has 1 atom stereocenters. The summed E-state index contributed by atoms with van der Waals surface area (Å²) < 4.78 is 1.59. The summed E-state index contributed by atoms with van der Waals surface area (Å²) in [4.78, 5) is 25.7. The second kappa shape index (κ2) is 6.00. The Balaban J connectivity index is 1.38. The number of aromatic nitrogens is 4. The van der Waals surface area contributed by atoms with Crippen molar-refractivity contribution < 1.29 is 9.59 Å². The average Bonchev–Trinajstić information content (AvgIpc) is 3.11. The first kappa shape index (κ1) is 14.3. The third-order valence-electron chi connectivity index (χ3n) is 3.73. The minimum atomic E-state index is -0.195. The number of likely N-dealkylation sites (tertiary alicyclic amines) is 1. The molecule has 2 fully saturated rings. The number of tetrazole rings is 1. The summed E-state index contributed by atoms with van der Waals surface area (Å²) in [5.74, 6) is 0.604. The molecule has 1 saturated carbocycles. The van der Waals surface area contributed by atoms with Crippen LogP contribution in [0.3, 0.4) is 0 Å². The highest BCUT2D eigenvalue weighted by molar-refractivity contribution is 7.99. The zero-order valence-corrected chi connectivity index (χ0v) is 12.7. The Morgan fingerprint density at radius 3 is 2.95 bits per heavy atom. The van der Waals surface area contributed by atoms with Crippen molar-refractivity contribution in [3.63, 3.8) is 0 Å². The van der Waals surface area contributed by atoms with Crippen molar-refractivity contribution in [1.82, 2.24) is 30.4 Å². The van der Waals surface area contributed by atoms with Crippen molar-refractivity contribution in [3.05, 3.63) is 0 Å². The third-order valence-corrected chi connectivity index (χ3v) is 4.74. The topological polar surface area (TPSA) is 93.0 Å². The maximum absolute atomic E-state index is 12.1. The van der Waals surface area contributed by atoms with E-state index in [1.807, 2.05) is 4.90 Å². The molecule has 9 heteroatoms. The molecule has 1 aliphatic heterocycles. The SMILES string of the molecule is Cn1nnnc1SCCNC(=O)C1CC(=O)N(C2CC2)C1. The molecule has 0 bridgehead atoms. The van der Waals surface area contributed by atoms with Gasteiger partial charge in [-0.1, -0.05) is 11.8 Å². The van der Waals surface area contributed by atoms with E-state index in [9.17, 15) is 9.59 Å². The lowest BCUT2D eigenvalue weighted by atomic mass is 10.1. The fourth-order valence-electron chi connectivity index (χ4n) is 2.45. The number of hydrogen-bond donors (Lipinski definition) is 1. The molecule has 0 aromatic carbocycles. The Hall–Kier alpha value is -1.64. The number of thioether (sulfide) groups is 1. The summed E-state index contributed by atoms with van der Waals surface area (Å²) in [6, 6.07) is 0.397. The van der Waals surface area contributed by atoms with E-state index in [-0.39, 0.29) is 17.7 Å². The van der Waals surface area contributed by atoms with E-state index in [4.69, 9.17) is 0 Å². The molecule has 2 aliphatic rings. The van der Waals surface area contributed by atoms with Crippen LogP contribution in [0.2, 0.25) is 0 Å². The van der Waals surface area contributed by atoms with Crippen LogP contribution < -0.4 is 5.32 Å². The van der Waals surface area contributed by atoms with Gasteiger partial charge in [0.15, 0.2) is 0 Å². The number of carbonyl (C=O) groups is 2. The number of hydrogen-bond acceptors (Lipinski definition) is 6. The molecule has 1 N–H and O–H groups in total. The summed E-state index contributed by atoms with van der Waals surface area (Å²) in [6.45, 7) is 1.13. The average molecular weight is 310 g/mol. The van der Waals surface area contributed by atoms with E-state index in [2.05, 4.69) is 20.8 Å². The fraction of sp³-hybridized carbons (Fsp3) is 0.750. The monoisotopic (exact) mass is 310 g/mol. The molecule has 0 radical (unpaired) electrons. The number of nitrogens with one attached hydrogen (secondary N) is 1. The van der Waals surface area contributed by atoms with Gasteiger partial charge in [-0.2, -0.15) is 0 Å². The van der Waals surface area contributed by atoms with Crippen LogP contribution in [-0.2, 0) is 16.6 Å². The Morgan fingerprint density at radius 2 is 2.29 bits per heavy atom. The lowest BCUT2D eigenvalue weighted by molar-refractivity contribution is -0.129. The lowest BCUT2D eigenvalue weighted by Crippen LogP contribution is -2.34. The zero-order valence-electron chi connectivity index (χ0n) is 11.9. The van der Waals surface area contributed by atoms with Gasteiger partial charge in [-0.3, -0.25) is 9.59 Å². The fourth-order valence-corrected chi connectivity index (χ4v) is 3.16. The summed E-state index contributed by atoms with van der Waals surface area (Å²) in [7, 11) is 1.78. The van der Waals surface area contributed by atoms with Gasteiger partial charge in [0.05, 0.1) is 5.92 Å². The van der Waals surface area contributed by atoms with E-state index in [1.54, 1.807) is 11.7 Å². The van der Waals surface area contributed by atoms with Crippen LogP contribution in [0, 0.1) is 5.92 Å². The van der Waals surface area contributed by atoms with Crippen LogP contribution in [0.4, 0.5) is 0 Å². The molecule has 8 nitrogen and oxygen atoms in total. The molecule has 1 unspecified atom stereocenters. The van der Waals surface area contributed by atoms with Crippen molar-refractivity contribution in [3.8, 4) is 0 Å². The second-order valence-corrected chi connectivity index (χ2v) is 6.46. The Morgan fingerprint density at radius 1 is 1.48 bits per heavy atom. The first-order valence-corrected chi connectivity index (χ1v) is 8.06. The van der Waals surface area contributed by atoms with Gasteiger partial charge in [-0.15, -0.1) is 5.10 Å². The van der Waals surface area contributed by atoms with E-state index in [0.717, 1.165) is 18.0 Å². The van der Waals surface area contributed by atoms with Crippen molar-refractivity contribution >= 4 is 23.6 Å². The third kappa shape index (κ3) is 3.34. The maximum atomic E-state index is 12.1. The van der Waals surface area contributed by atoms with E-state index in [0.29, 0.717) is 31.3 Å². The minimum absolute atomic E-state index is 0.0248. The molecular weight excluding hydrogens is 292 g/mol. The van der Waals surface area contributed by atoms with Gasteiger partial charge in [0.25, 0.3) is 0 Å². The number of nitrogens with zero attached hydrogens (tertiary/aromatic N) is 5.